The third-order valence-electron chi connectivity index (χ3n) is 6.71. The van der Waals surface area contributed by atoms with Crippen LogP contribution in [0.25, 0.3) is 28.4 Å². The number of aromatic nitrogens is 5. The molecular weight excluding hydrogens is 466 g/mol. The van der Waals surface area contributed by atoms with E-state index in [1.54, 1.807) is 4.90 Å². The van der Waals surface area contributed by atoms with E-state index in [1.807, 2.05) is 31.6 Å². The van der Waals surface area contributed by atoms with Crippen molar-refractivity contribution in [1.29, 1.82) is 0 Å². The first-order valence-corrected chi connectivity index (χ1v) is 12.5. The highest BCUT2D eigenvalue weighted by Gasteiger charge is 2.26. The summed E-state index contributed by atoms with van der Waals surface area (Å²) in [6.45, 7) is 7.36. The highest BCUT2D eigenvalue weighted by molar-refractivity contribution is 5.98. The number of nitrogen functional groups attached to an aromatic ring is 1. The summed E-state index contributed by atoms with van der Waals surface area (Å²) in [6, 6.07) is 8.46. The molecular formula is C28H29N7O2. The molecule has 0 bridgehead atoms. The van der Waals surface area contributed by atoms with Crippen molar-refractivity contribution >= 4 is 29.0 Å². The minimum atomic E-state index is -0.508. The van der Waals surface area contributed by atoms with Gasteiger partial charge in [0.25, 0.3) is 0 Å². The molecule has 3 aromatic heterocycles. The lowest BCUT2D eigenvalue weighted by Crippen LogP contribution is -2.39. The molecule has 9 nitrogen and oxygen atoms in total. The number of benzene rings is 1. The standard InChI is InChI=1S/C28H29N7O2/c1-28(2,3)37-27(36)34-10-9-18-11-17(7-8-20(18)15-34)14-35-26-23(25(29)31-16-32-26)24(33-35)21-12-19-5-4-6-22(19)30-13-21/h4-5,7-8,11-13,16H,6,9-10,14-15H2,1-3H3,(H2,29,31,32). The van der Waals surface area contributed by atoms with Crippen molar-refractivity contribution in [3.05, 3.63) is 70.8 Å². The molecule has 188 valence electrons. The molecule has 2 N–H and O–H groups in total. The molecule has 37 heavy (non-hydrogen) atoms. The molecule has 9 heteroatoms. The number of nitrogens with zero attached hydrogens (tertiary/aromatic N) is 6. The Hall–Kier alpha value is -4.27. The van der Waals surface area contributed by atoms with E-state index in [1.165, 1.54) is 11.9 Å². The van der Waals surface area contributed by atoms with E-state index in [2.05, 4.69) is 51.4 Å². The summed E-state index contributed by atoms with van der Waals surface area (Å²) in [7, 11) is 0. The number of amides is 1. The third kappa shape index (κ3) is 4.41. The number of ether oxygens (including phenoxy) is 1. The molecule has 0 saturated carbocycles. The zero-order chi connectivity index (χ0) is 25.7. The van der Waals surface area contributed by atoms with Crippen LogP contribution in [0.15, 0.2) is 42.9 Å². The van der Waals surface area contributed by atoms with Crippen LogP contribution in [0.4, 0.5) is 10.6 Å². The van der Waals surface area contributed by atoms with E-state index in [4.69, 9.17) is 15.6 Å². The van der Waals surface area contributed by atoms with Gasteiger partial charge in [-0.1, -0.05) is 30.4 Å². The zero-order valence-corrected chi connectivity index (χ0v) is 21.2. The number of pyridine rings is 1. The van der Waals surface area contributed by atoms with Gasteiger partial charge in [-0.2, -0.15) is 5.10 Å². The molecule has 1 aliphatic heterocycles. The highest BCUT2D eigenvalue weighted by Crippen LogP contribution is 2.32. The Bertz CT molecular complexity index is 1570. The van der Waals surface area contributed by atoms with Crippen molar-refractivity contribution in [1.82, 2.24) is 29.6 Å². The minimum absolute atomic E-state index is 0.272. The second-order valence-electron chi connectivity index (χ2n) is 10.6. The Kier molecular flexibility index (Phi) is 5.43. The van der Waals surface area contributed by atoms with Crippen molar-refractivity contribution < 1.29 is 9.53 Å². The van der Waals surface area contributed by atoms with Crippen LogP contribution in [0.5, 0.6) is 0 Å². The molecule has 0 saturated heterocycles. The molecule has 0 spiro atoms. The number of hydrogen-bond acceptors (Lipinski definition) is 7. The van der Waals surface area contributed by atoms with E-state index in [-0.39, 0.29) is 6.09 Å². The number of anilines is 1. The molecule has 4 aromatic rings. The number of carbonyl (C=O) groups excluding carboxylic acids is 1. The quantitative estimate of drug-likeness (QED) is 0.449. The molecule has 1 aromatic carbocycles. The number of nitrogens with two attached hydrogens (primary N) is 1. The summed E-state index contributed by atoms with van der Waals surface area (Å²) in [5.74, 6) is 0.398. The molecule has 0 unspecified atom stereocenters. The van der Waals surface area contributed by atoms with Crippen LogP contribution in [0, 0.1) is 0 Å². The summed E-state index contributed by atoms with van der Waals surface area (Å²) in [6.07, 6.45) is 8.87. The Morgan fingerprint density at radius 3 is 2.84 bits per heavy atom. The van der Waals surface area contributed by atoms with Gasteiger partial charge in [0.2, 0.25) is 0 Å². The molecule has 1 amide bonds. The maximum atomic E-state index is 12.5. The Labute approximate surface area is 215 Å². The van der Waals surface area contributed by atoms with Crippen molar-refractivity contribution in [2.24, 2.45) is 0 Å². The minimum Gasteiger partial charge on any atom is -0.444 e. The van der Waals surface area contributed by atoms with E-state index in [0.29, 0.717) is 31.1 Å². The van der Waals surface area contributed by atoms with Gasteiger partial charge < -0.3 is 15.4 Å². The van der Waals surface area contributed by atoms with Crippen LogP contribution >= 0.6 is 0 Å². The lowest BCUT2D eigenvalue weighted by atomic mass is 9.97. The smallest absolute Gasteiger partial charge is 0.410 e. The zero-order valence-electron chi connectivity index (χ0n) is 21.2. The number of hydrogen-bond donors (Lipinski definition) is 1. The number of fused-ring (bicyclic) bond motifs is 3. The fraction of sp³-hybridized carbons (Fsp3) is 0.321. The van der Waals surface area contributed by atoms with Crippen LogP contribution in [-0.4, -0.2) is 47.9 Å². The predicted molar refractivity (Wildman–Crippen MR) is 142 cm³/mol. The van der Waals surface area contributed by atoms with Crippen LogP contribution in [-0.2, 0) is 30.7 Å². The Balaban J connectivity index is 1.29. The first-order chi connectivity index (χ1) is 17.7. The van der Waals surface area contributed by atoms with Gasteiger partial charge in [0.1, 0.15) is 23.4 Å². The first-order valence-electron chi connectivity index (χ1n) is 12.5. The Morgan fingerprint density at radius 2 is 2.00 bits per heavy atom. The molecule has 0 atom stereocenters. The van der Waals surface area contributed by atoms with Gasteiger partial charge in [0.05, 0.1) is 17.6 Å². The second-order valence-corrected chi connectivity index (χ2v) is 10.6. The summed E-state index contributed by atoms with van der Waals surface area (Å²) in [5, 5.41) is 5.66. The molecule has 1 aliphatic carbocycles. The number of rotatable bonds is 3. The van der Waals surface area contributed by atoms with Crippen molar-refractivity contribution in [3.8, 4) is 11.3 Å². The van der Waals surface area contributed by atoms with Gasteiger partial charge in [0.15, 0.2) is 5.65 Å². The topological polar surface area (TPSA) is 112 Å². The fourth-order valence-electron chi connectivity index (χ4n) is 4.95. The van der Waals surface area contributed by atoms with Crippen LogP contribution in [0.1, 0.15) is 48.7 Å². The predicted octanol–water partition coefficient (Wildman–Crippen LogP) is 4.38. The van der Waals surface area contributed by atoms with Gasteiger partial charge in [-0.3, -0.25) is 4.98 Å². The average Bonchev–Trinajstić information content (AvgIpc) is 3.48. The summed E-state index contributed by atoms with van der Waals surface area (Å²) in [5.41, 5.74) is 13.7. The Morgan fingerprint density at radius 1 is 1.14 bits per heavy atom. The van der Waals surface area contributed by atoms with Gasteiger partial charge in [0, 0.05) is 31.3 Å². The largest absolute Gasteiger partial charge is 0.444 e. The van der Waals surface area contributed by atoms with Gasteiger partial charge >= 0.3 is 6.09 Å². The first kappa shape index (κ1) is 23.1. The average molecular weight is 496 g/mol. The monoisotopic (exact) mass is 495 g/mol. The molecule has 0 radical (unpaired) electrons. The van der Waals surface area contributed by atoms with E-state index in [0.717, 1.165) is 51.9 Å². The van der Waals surface area contributed by atoms with E-state index < -0.39 is 5.60 Å². The second kappa shape index (κ2) is 8.69. The van der Waals surface area contributed by atoms with Crippen LogP contribution < -0.4 is 5.73 Å². The number of allylic oxidation sites excluding steroid dienone is 1. The van der Waals surface area contributed by atoms with Gasteiger partial charge in [-0.05, 0) is 55.5 Å². The molecule has 4 heterocycles. The summed E-state index contributed by atoms with van der Waals surface area (Å²) >= 11 is 0. The maximum absolute atomic E-state index is 12.5. The fourth-order valence-corrected chi connectivity index (χ4v) is 4.95. The van der Waals surface area contributed by atoms with Gasteiger partial charge in [-0.15, -0.1) is 0 Å². The van der Waals surface area contributed by atoms with Crippen molar-refractivity contribution in [2.75, 3.05) is 12.3 Å². The summed E-state index contributed by atoms with van der Waals surface area (Å²) < 4.78 is 7.43. The lowest BCUT2D eigenvalue weighted by Gasteiger charge is -2.31. The maximum Gasteiger partial charge on any atom is 0.410 e. The van der Waals surface area contributed by atoms with Crippen molar-refractivity contribution in [3.63, 3.8) is 0 Å². The summed E-state index contributed by atoms with van der Waals surface area (Å²) in [4.78, 5) is 27.7. The van der Waals surface area contributed by atoms with Gasteiger partial charge in [-0.25, -0.2) is 19.4 Å². The third-order valence-corrected chi connectivity index (χ3v) is 6.71. The SMILES string of the molecule is CC(C)(C)OC(=O)N1CCc2cc(Cn3nc(-c4cnc5c(c4)C=CC5)c4c(N)ncnc43)ccc2C1. The van der Waals surface area contributed by atoms with Crippen LogP contribution in [0.3, 0.4) is 0 Å². The molecule has 6 rings (SSSR count). The lowest BCUT2D eigenvalue weighted by molar-refractivity contribution is 0.0224. The highest BCUT2D eigenvalue weighted by atomic mass is 16.6. The van der Waals surface area contributed by atoms with E-state index in [9.17, 15) is 4.79 Å². The van der Waals surface area contributed by atoms with E-state index >= 15 is 0 Å². The normalized spacial score (nSPS) is 14.6. The number of carbonyl (C=O) groups is 1. The molecule has 2 aliphatic rings. The van der Waals surface area contributed by atoms with Crippen LogP contribution in [0.2, 0.25) is 0 Å². The molecule has 0 fully saturated rings. The van der Waals surface area contributed by atoms with Crippen molar-refractivity contribution in [2.45, 2.75) is 52.3 Å².